The van der Waals surface area contributed by atoms with Crippen LogP contribution in [-0.4, -0.2) is 80.9 Å². The molecule has 0 N–H and O–H groups in total. The molecule has 0 aromatic carbocycles. The summed E-state index contributed by atoms with van der Waals surface area (Å²) >= 11 is 0. The van der Waals surface area contributed by atoms with Crippen LogP contribution in [0, 0.1) is 0 Å². The van der Waals surface area contributed by atoms with Gasteiger partial charge in [-0.1, -0.05) is 13.8 Å². The van der Waals surface area contributed by atoms with E-state index in [4.69, 9.17) is 0 Å². The zero-order valence-corrected chi connectivity index (χ0v) is 11.3. The minimum Gasteiger partial charge on any atom is -0.297 e. The Morgan fingerprint density at radius 3 is 1.33 bits per heavy atom. The van der Waals surface area contributed by atoms with Gasteiger partial charge < -0.3 is 0 Å². The molecule has 0 fully saturated rings. The fraction of sp³-hybridized carbons (Fsp3) is 1.00. The second-order valence-corrected chi connectivity index (χ2v) is 4.52. The Morgan fingerprint density at radius 2 is 1.07 bits per heavy atom. The number of nitrogens with zero attached hydrogens (tertiary/aromatic N) is 4. The van der Waals surface area contributed by atoms with Gasteiger partial charge in [-0.3, -0.25) is 19.6 Å². The van der Waals surface area contributed by atoms with Crippen molar-refractivity contribution in [1.29, 1.82) is 0 Å². The highest BCUT2D eigenvalue weighted by atomic mass is 15.4. The van der Waals surface area contributed by atoms with Gasteiger partial charge in [0.25, 0.3) is 0 Å². The minimum atomic E-state index is 1.01. The average molecular weight is 216 g/mol. The molecule has 4 nitrogen and oxygen atoms in total. The van der Waals surface area contributed by atoms with Crippen LogP contribution in [0.15, 0.2) is 0 Å². The Bertz CT molecular complexity index is 138. The van der Waals surface area contributed by atoms with Gasteiger partial charge in [-0.05, 0) is 41.3 Å². The summed E-state index contributed by atoms with van der Waals surface area (Å²) in [6.07, 6.45) is 0. The largest absolute Gasteiger partial charge is 0.297 e. The van der Waals surface area contributed by atoms with E-state index in [2.05, 4.69) is 61.6 Å². The molecule has 0 unspecified atom stereocenters. The molecule has 0 spiro atoms. The maximum Gasteiger partial charge on any atom is 0.0527 e. The monoisotopic (exact) mass is 216 g/mol. The van der Waals surface area contributed by atoms with E-state index in [9.17, 15) is 0 Å². The molecule has 4 heteroatoms. The van der Waals surface area contributed by atoms with Crippen molar-refractivity contribution < 1.29 is 0 Å². The van der Waals surface area contributed by atoms with Gasteiger partial charge in [-0.2, -0.15) is 0 Å². The molecule has 0 aromatic heterocycles. The zero-order chi connectivity index (χ0) is 11.8. The van der Waals surface area contributed by atoms with Crippen molar-refractivity contribution in [3.8, 4) is 0 Å². The van der Waals surface area contributed by atoms with Gasteiger partial charge in [0.05, 0.1) is 20.0 Å². The third kappa shape index (κ3) is 7.73. The third-order valence-electron chi connectivity index (χ3n) is 2.45. The van der Waals surface area contributed by atoms with Crippen LogP contribution >= 0.6 is 0 Å². The van der Waals surface area contributed by atoms with Gasteiger partial charge in [0.2, 0.25) is 0 Å². The number of rotatable bonds is 8. The first-order chi connectivity index (χ1) is 6.99. The Labute approximate surface area is 95.4 Å². The van der Waals surface area contributed by atoms with Crippen molar-refractivity contribution in [2.45, 2.75) is 13.8 Å². The van der Waals surface area contributed by atoms with Crippen LogP contribution in [0.1, 0.15) is 13.8 Å². The van der Waals surface area contributed by atoms with Crippen molar-refractivity contribution in [3.05, 3.63) is 0 Å². The highest BCUT2D eigenvalue weighted by Crippen LogP contribution is 1.95. The van der Waals surface area contributed by atoms with E-state index in [0.717, 1.165) is 33.1 Å². The Hall–Kier alpha value is -0.160. The molecule has 92 valence electrons. The van der Waals surface area contributed by atoms with Gasteiger partial charge in [0, 0.05) is 0 Å². The summed E-state index contributed by atoms with van der Waals surface area (Å²) < 4.78 is 0. The third-order valence-corrected chi connectivity index (χ3v) is 2.45. The van der Waals surface area contributed by atoms with Crippen LogP contribution in [0.25, 0.3) is 0 Å². The fourth-order valence-electron chi connectivity index (χ4n) is 1.42. The standard InChI is InChI=1S/C11H28N4/c1-7-13(5)10-15(9-12(3)4)11-14(6)8-2/h7-11H2,1-6H3. The van der Waals surface area contributed by atoms with Crippen molar-refractivity contribution in [1.82, 2.24) is 19.6 Å². The van der Waals surface area contributed by atoms with E-state index in [-0.39, 0.29) is 0 Å². The van der Waals surface area contributed by atoms with Crippen LogP contribution in [-0.2, 0) is 0 Å². The van der Waals surface area contributed by atoms with Crippen molar-refractivity contribution >= 4 is 0 Å². The molecular weight excluding hydrogens is 188 g/mol. The molecule has 0 heterocycles. The Morgan fingerprint density at radius 1 is 0.667 bits per heavy atom. The Kier molecular flexibility index (Phi) is 7.96. The predicted molar refractivity (Wildman–Crippen MR) is 66.7 cm³/mol. The summed E-state index contributed by atoms with van der Waals surface area (Å²) in [7, 11) is 8.55. The SMILES string of the molecule is CCN(C)CN(CN(C)C)CN(C)CC. The predicted octanol–water partition coefficient (Wildman–Crippen LogP) is 0.626. The quantitative estimate of drug-likeness (QED) is 0.552. The summed E-state index contributed by atoms with van der Waals surface area (Å²) in [6.45, 7) is 9.64. The maximum absolute atomic E-state index is 2.44. The molecule has 0 bridgehead atoms. The molecule has 0 atom stereocenters. The number of hydrogen-bond acceptors (Lipinski definition) is 4. The van der Waals surface area contributed by atoms with Gasteiger partial charge in [0.1, 0.15) is 0 Å². The first-order valence-corrected chi connectivity index (χ1v) is 5.73. The lowest BCUT2D eigenvalue weighted by atomic mass is 10.5. The van der Waals surface area contributed by atoms with Crippen LogP contribution in [0.3, 0.4) is 0 Å². The van der Waals surface area contributed by atoms with E-state index < -0.39 is 0 Å². The van der Waals surface area contributed by atoms with E-state index >= 15 is 0 Å². The van der Waals surface area contributed by atoms with Crippen LogP contribution in [0.2, 0.25) is 0 Å². The Balaban J connectivity index is 4.05. The smallest absolute Gasteiger partial charge is 0.0527 e. The van der Waals surface area contributed by atoms with E-state index in [0.29, 0.717) is 0 Å². The van der Waals surface area contributed by atoms with Gasteiger partial charge in [-0.25, -0.2) is 0 Å². The maximum atomic E-state index is 2.44. The summed E-state index contributed by atoms with van der Waals surface area (Å²) in [5, 5.41) is 0. The molecule has 0 rings (SSSR count). The normalized spacial score (nSPS) is 12.4. The second kappa shape index (κ2) is 8.05. The molecule has 0 amide bonds. The highest BCUT2D eigenvalue weighted by molar-refractivity contribution is 4.56. The van der Waals surface area contributed by atoms with Crippen molar-refractivity contribution in [3.63, 3.8) is 0 Å². The lowest BCUT2D eigenvalue weighted by Crippen LogP contribution is -2.45. The van der Waals surface area contributed by atoms with Crippen LogP contribution < -0.4 is 0 Å². The van der Waals surface area contributed by atoms with E-state index in [1.54, 1.807) is 0 Å². The van der Waals surface area contributed by atoms with Gasteiger partial charge in [-0.15, -0.1) is 0 Å². The molecule has 0 aromatic rings. The van der Waals surface area contributed by atoms with E-state index in [1.165, 1.54) is 0 Å². The lowest BCUT2D eigenvalue weighted by Gasteiger charge is -2.32. The summed E-state index contributed by atoms with van der Waals surface area (Å²) in [5.74, 6) is 0. The van der Waals surface area contributed by atoms with Crippen LogP contribution in [0.5, 0.6) is 0 Å². The average Bonchev–Trinajstić information content (AvgIpc) is 2.16. The summed E-state index contributed by atoms with van der Waals surface area (Å²) in [6, 6.07) is 0. The van der Waals surface area contributed by atoms with Crippen LogP contribution in [0.4, 0.5) is 0 Å². The molecule has 0 aliphatic carbocycles. The molecule has 0 radical (unpaired) electrons. The van der Waals surface area contributed by atoms with Crippen molar-refractivity contribution in [2.75, 3.05) is 61.3 Å². The molecule has 15 heavy (non-hydrogen) atoms. The first kappa shape index (κ1) is 14.8. The summed E-state index contributed by atoms with van der Waals surface area (Å²) in [4.78, 5) is 9.31. The minimum absolute atomic E-state index is 1.01. The van der Waals surface area contributed by atoms with Crippen molar-refractivity contribution in [2.24, 2.45) is 0 Å². The summed E-state index contributed by atoms with van der Waals surface area (Å²) in [5.41, 5.74) is 0. The molecule has 0 saturated carbocycles. The molecular formula is C11H28N4. The van der Waals surface area contributed by atoms with E-state index in [1.807, 2.05) is 0 Å². The second-order valence-electron chi connectivity index (χ2n) is 4.52. The first-order valence-electron chi connectivity index (χ1n) is 5.73. The lowest BCUT2D eigenvalue weighted by molar-refractivity contribution is 0.0603. The number of hydrogen-bond donors (Lipinski definition) is 0. The zero-order valence-electron chi connectivity index (χ0n) is 11.3. The van der Waals surface area contributed by atoms with Gasteiger partial charge in [0.15, 0.2) is 0 Å². The molecule has 0 aliphatic heterocycles. The highest BCUT2D eigenvalue weighted by Gasteiger charge is 2.09. The fourth-order valence-corrected chi connectivity index (χ4v) is 1.42. The molecule has 0 saturated heterocycles. The topological polar surface area (TPSA) is 13.0 Å². The molecule has 0 aliphatic rings. The van der Waals surface area contributed by atoms with Gasteiger partial charge >= 0.3 is 0 Å².